The predicted molar refractivity (Wildman–Crippen MR) is 128 cm³/mol. The van der Waals surface area contributed by atoms with E-state index in [9.17, 15) is 22.8 Å². The Labute approximate surface area is 209 Å². The first-order chi connectivity index (χ1) is 17.2. The van der Waals surface area contributed by atoms with Gasteiger partial charge in [-0.3, -0.25) is 9.59 Å². The number of alkyl halides is 3. The lowest BCUT2D eigenvalue weighted by Crippen LogP contribution is -2.33. The Kier molecular flexibility index (Phi) is 6.46. The SMILES string of the molecule is O=C(C=Cc1cc(Cl)cc(C(F)(F)F)c1)N1CC[C@@H]2CN(C(=O)c3ccc4n[nH]nc4c3)C[C@@H]2CC1. The molecule has 36 heavy (non-hydrogen) atoms. The number of aromatic amines is 1. The molecule has 1 N–H and O–H groups in total. The Hall–Kier alpha value is -3.40. The van der Waals surface area contributed by atoms with E-state index in [4.69, 9.17) is 11.6 Å². The number of rotatable bonds is 3. The maximum Gasteiger partial charge on any atom is 0.416 e. The van der Waals surface area contributed by atoms with Gasteiger partial charge in [-0.2, -0.15) is 28.6 Å². The van der Waals surface area contributed by atoms with Crippen LogP contribution < -0.4 is 0 Å². The molecule has 0 bridgehead atoms. The number of halogens is 4. The van der Waals surface area contributed by atoms with Crippen molar-refractivity contribution in [2.24, 2.45) is 11.8 Å². The van der Waals surface area contributed by atoms with Gasteiger partial charge in [0.25, 0.3) is 5.91 Å². The molecule has 0 radical (unpaired) electrons. The molecule has 1 aromatic heterocycles. The van der Waals surface area contributed by atoms with Gasteiger partial charge in [0.1, 0.15) is 11.0 Å². The highest BCUT2D eigenvalue weighted by Crippen LogP contribution is 2.34. The number of amides is 2. The number of nitrogens with zero attached hydrogens (tertiary/aromatic N) is 4. The molecule has 0 aliphatic carbocycles. The summed E-state index contributed by atoms with van der Waals surface area (Å²) in [6.45, 7) is 2.31. The predicted octanol–water partition coefficient (Wildman–Crippen LogP) is 4.65. The molecule has 2 aromatic carbocycles. The highest BCUT2D eigenvalue weighted by molar-refractivity contribution is 6.30. The number of benzene rings is 2. The average Bonchev–Trinajstić information content (AvgIpc) is 3.43. The number of fused-ring (bicyclic) bond motifs is 2. The zero-order chi connectivity index (χ0) is 25.4. The van der Waals surface area contributed by atoms with Gasteiger partial charge in [0.2, 0.25) is 5.91 Å². The summed E-state index contributed by atoms with van der Waals surface area (Å²) in [6, 6.07) is 8.47. The Bertz CT molecular complexity index is 1320. The fourth-order valence-electron chi connectivity index (χ4n) is 5.04. The monoisotopic (exact) mass is 517 g/mol. The number of carbonyl (C=O) groups is 2. The zero-order valence-electron chi connectivity index (χ0n) is 19.1. The molecular formula is C25H23ClF3N5O2. The van der Waals surface area contributed by atoms with Gasteiger partial charge < -0.3 is 9.80 Å². The summed E-state index contributed by atoms with van der Waals surface area (Å²) in [4.78, 5) is 29.4. The van der Waals surface area contributed by atoms with Crippen LogP contribution in [0.3, 0.4) is 0 Å². The van der Waals surface area contributed by atoms with Crippen molar-refractivity contribution in [2.45, 2.75) is 19.0 Å². The largest absolute Gasteiger partial charge is 0.416 e. The molecule has 3 heterocycles. The lowest BCUT2D eigenvalue weighted by atomic mass is 9.92. The molecule has 11 heteroatoms. The molecule has 2 fully saturated rings. The minimum absolute atomic E-state index is 0.0383. The van der Waals surface area contributed by atoms with Gasteiger partial charge in [-0.1, -0.05) is 11.6 Å². The lowest BCUT2D eigenvalue weighted by molar-refractivity contribution is -0.137. The molecule has 2 atom stereocenters. The Balaban J connectivity index is 1.19. The van der Waals surface area contributed by atoms with Gasteiger partial charge in [-0.25, -0.2) is 0 Å². The summed E-state index contributed by atoms with van der Waals surface area (Å²) in [5.41, 5.74) is 1.28. The number of hydrogen-bond donors (Lipinski definition) is 1. The summed E-state index contributed by atoms with van der Waals surface area (Å²) in [7, 11) is 0. The molecule has 5 rings (SSSR count). The molecule has 0 unspecified atom stereocenters. The van der Waals surface area contributed by atoms with Crippen LogP contribution >= 0.6 is 11.6 Å². The Morgan fingerprint density at radius 3 is 2.36 bits per heavy atom. The van der Waals surface area contributed by atoms with Gasteiger partial charge in [-0.05, 0) is 72.7 Å². The first kappa shape index (κ1) is 24.3. The van der Waals surface area contributed by atoms with Crippen LogP contribution in [0.5, 0.6) is 0 Å². The molecule has 3 aromatic rings. The van der Waals surface area contributed by atoms with Crippen molar-refractivity contribution in [1.82, 2.24) is 25.2 Å². The van der Waals surface area contributed by atoms with Crippen LogP contribution in [-0.4, -0.2) is 63.2 Å². The van der Waals surface area contributed by atoms with Crippen molar-refractivity contribution < 1.29 is 22.8 Å². The summed E-state index contributed by atoms with van der Waals surface area (Å²) in [5, 5.41) is 10.6. The van der Waals surface area contributed by atoms with E-state index in [0.29, 0.717) is 42.8 Å². The molecular weight excluding hydrogens is 495 g/mol. The van der Waals surface area contributed by atoms with Crippen molar-refractivity contribution in [1.29, 1.82) is 0 Å². The van der Waals surface area contributed by atoms with Crippen LogP contribution in [0.1, 0.15) is 34.3 Å². The fourth-order valence-corrected chi connectivity index (χ4v) is 5.28. The smallest absolute Gasteiger partial charge is 0.339 e. The van der Waals surface area contributed by atoms with E-state index >= 15 is 0 Å². The van der Waals surface area contributed by atoms with Crippen LogP contribution in [0, 0.1) is 11.8 Å². The van der Waals surface area contributed by atoms with Crippen LogP contribution in [0.2, 0.25) is 5.02 Å². The van der Waals surface area contributed by atoms with Gasteiger partial charge in [0.05, 0.1) is 5.56 Å². The van der Waals surface area contributed by atoms with Gasteiger partial charge in [-0.15, -0.1) is 0 Å². The molecule has 2 aliphatic rings. The Morgan fingerprint density at radius 1 is 0.972 bits per heavy atom. The molecule has 7 nitrogen and oxygen atoms in total. The second kappa shape index (κ2) is 9.57. The summed E-state index contributed by atoms with van der Waals surface area (Å²) < 4.78 is 39.1. The lowest BCUT2D eigenvalue weighted by Gasteiger charge is -2.21. The third kappa shape index (κ3) is 5.09. The van der Waals surface area contributed by atoms with Crippen LogP contribution in [0.25, 0.3) is 17.1 Å². The van der Waals surface area contributed by atoms with E-state index < -0.39 is 11.7 Å². The fraction of sp³-hybridized carbons (Fsp3) is 0.360. The van der Waals surface area contributed by atoms with Gasteiger partial charge >= 0.3 is 6.18 Å². The Morgan fingerprint density at radius 2 is 1.67 bits per heavy atom. The van der Waals surface area contributed by atoms with E-state index in [1.807, 2.05) is 4.90 Å². The minimum Gasteiger partial charge on any atom is -0.339 e. The zero-order valence-corrected chi connectivity index (χ0v) is 19.9. The number of nitrogens with one attached hydrogen (secondary N) is 1. The van der Waals surface area contributed by atoms with Crippen molar-refractivity contribution in [2.75, 3.05) is 26.2 Å². The van der Waals surface area contributed by atoms with Crippen molar-refractivity contribution in [3.63, 3.8) is 0 Å². The number of H-pyrrole nitrogens is 1. The van der Waals surface area contributed by atoms with Crippen molar-refractivity contribution in [3.05, 3.63) is 64.2 Å². The molecule has 188 valence electrons. The maximum absolute atomic E-state index is 13.1. The molecule has 2 aliphatic heterocycles. The molecule has 0 saturated carbocycles. The normalized spacial score (nSPS) is 20.7. The second-order valence-corrected chi connectivity index (χ2v) is 9.70. The van der Waals surface area contributed by atoms with Gasteiger partial charge in [0, 0.05) is 42.8 Å². The van der Waals surface area contributed by atoms with Gasteiger partial charge in [0.15, 0.2) is 0 Å². The highest BCUT2D eigenvalue weighted by Gasteiger charge is 2.37. The molecule has 0 spiro atoms. The highest BCUT2D eigenvalue weighted by atomic mass is 35.5. The van der Waals surface area contributed by atoms with E-state index in [1.165, 1.54) is 18.2 Å². The average molecular weight is 518 g/mol. The third-order valence-corrected chi connectivity index (χ3v) is 7.16. The van der Waals surface area contributed by atoms with Crippen LogP contribution in [0.15, 0.2) is 42.5 Å². The summed E-state index contributed by atoms with van der Waals surface area (Å²) >= 11 is 5.83. The summed E-state index contributed by atoms with van der Waals surface area (Å²) in [6.07, 6.45) is -0.347. The number of likely N-dealkylation sites (tertiary alicyclic amines) is 2. The van der Waals surface area contributed by atoms with Crippen LogP contribution in [0.4, 0.5) is 13.2 Å². The minimum atomic E-state index is -4.52. The van der Waals surface area contributed by atoms with Crippen LogP contribution in [-0.2, 0) is 11.0 Å². The second-order valence-electron chi connectivity index (χ2n) is 9.26. The number of carbonyl (C=O) groups excluding carboxylic acids is 2. The first-order valence-electron chi connectivity index (χ1n) is 11.6. The van der Waals surface area contributed by atoms with E-state index in [2.05, 4.69) is 15.4 Å². The maximum atomic E-state index is 13.1. The van der Waals surface area contributed by atoms with E-state index in [1.54, 1.807) is 23.1 Å². The first-order valence-corrected chi connectivity index (χ1v) is 12.0. The molecule has 2 saturated heterocycles. The summed E-state index contributed by atoms with van der Waals surface area (Å²) in [5.74, 6) is 0.281. The standard InChI is InChI=1S/C25H23ClF3N5O2/c26-20-10-15(9-19(12-20)25(27,28)29)1-4-23(35)33-7-5-17-13-34(14-18(17)6-8-33)24(36)16-2-3-21-22(11-16)31-32-30-21/h1-4,9-12,17-18H,5-8,13-14H2,(H,30,31,32)/t17-,18+. The van der Waals surface area contributed by atoms with E-state index in [0.717, 1.165) is 25.0 Å². The van der Waals surface area contributed by atoms with Crippen molar-refractivity contribution in [3.8, 4) is 0 Å². The number of aromatic nitrogens is 3. The number of hydrogen-bond acceptors (Lipinski definition) is 4. The molecule has 2 amide bonds. The topological polar surface area (TPSA) is 82.2 Å². The third-order valence-electron chi connectivity index (χ3n) is 6.94. The van der Waals surface area contributed by atoms with E-state index in [-0.39, 0.29) is 34.2 Å². The quantitative estimate of drug-likeness (QED) is 0.513. The van der Waals surface area contributed by atoms with Crippen molar-refractivity contribution >= 4 is 40.5 Å².